The molecule has 0 saturated heterocycles. The predicted octanol–water partition coefficient (Wildman–Crippen LogP) is 2.74. The van der Waals surface area contributed by atoms with Crippen molar-refractivity contribution in [1.82, 2.24) is 0 Å². The summed E-state index contributed by atoms with van der Waals surface area (Å²) in [5.74, 6) is -0.927. The molecule has 0 radical (unpaired) electrons. The second-order valence-corrected chi connectivity index (χ2v) is 5.16. The molecule has 0 unspecified atom stereocenters. The summed E-state index contributed by atoms with van der Waals surface area (Å²) in [5, 5.41) is 12.6. The van der Waals surface area contributed by atoms with Gasteiger partial charge in [-0.05, 0) is 17.7 Å². The number of nitrogen functional groups attached to an aromatic ring is 1. The van der Waals surface area contributed by atoms with E-state index in [1.165, 1.54) is 19.2 Å². The molecule has 1 heterocycles. The van der Waals surface area contributed by atoms with Crippen molar-refractivity contribution in [3.05, 3.63) is 46.1 Å². The van der Waals surface area contributed by atoms with E-state index in [9.17, 15) is 9.18 Å². The molecule has 0 aliphatic rings. The Balaban J connectivity index is 2.24. The Kier molecular flexibility index (Phi) is 4.40. The first kappa shape index (κ1) is 14.8. The van der Waals surface area contributed by atoms with Crippen LogP contribution in [0, 0.1) is 17.1 Å². The summed E-state index contributed by atoms with van der Waals surface area (Å²) in [6.07, 6.45) is 0. The van der Waals surface area contributed by atoms with Crippen LogP contribution < -0.4 is 11.1 Å². The number of halogens is 1. The molecule has 0 aliphatic carbocycles. The van der Waals surface area contributed by atoms with Gasteiger partial charge < -0.3 is 15.8 Å². The van der Waals surface area contributed by atoms with Crippen LogP contribution in [-0.4, -0.2) is 13.1 Å². The maximum atomic E-state index is 13.1. The third kappa shape index (κ3) is 3.12. The van der Waals surface area contributed by atoms with Gasteiger partial charge >= 0.3 is 5.97 Å². The molecule has 0 amide bonds. The quantitative estimate of drug-likeness (QED) is 0.848. The number of thiophene rings is 1. The summed E-state index contributed by atoms with van der Waals surface area (Å²) in [7, 11) is 1.24. The standard InChI is InChI=1S/C14H12FN3O2S/c1-20-14(19)12-11(17)10(6-16)13(21-12)18-7-8-3-2-4-9(15)5-8/h2-5,18H,7,17H2,1H3. The molecule has 5 nitrogen and oxygen atoms in total. The SMILES string of the molecule is COC(=O)c1sc(NCc2cccc(F)c2)c(C#N)c1N. The van der Waals surface area contributed by atoms with Crippen LogP contribution in [0.3, 0.4) is 0 Å². The number of hydrogen-bond acceptors (Lipinski definition) is 6. The molecule has 1 aromatic carbocycles. The Morgan fingerprint density at radius 1 is 1.57 bits per heavy atom. The Labute approximate surface area is 124 Å². The zero-order valence-corrected chi connectivity index (χ0v) is 12.0. The van der Waals surface area contributed by atoms with Crippen LogP contribution in [0.15, 0.2) is 24.3 Å². The lowest BCUT2D eigenvalue weighted by atomic mass is 10.2. The normalized spacial score (nSPS) is 9.95. The molecule has 0 bridgehead atoms. The number of rotatable bonds is 4. The van der Waals surface area contributed by atoms with Crippen molar-refractivity contribution in [1.29, 1.82) is 5.26 Å². The van der Waals surface area contributed by atoms with E-state index >= 15 is 0 Å². The average molecular weight is 305 g/mol. The van der Waals surface area contributed by atoms with Gasteiger partial charge in [-0.15, -0.1) is 11.3 Å². The van der Waals surface area contributed by atoms with Crippen molar-refractivity contribution in [2.24, 2.45) is 0 Å². The van der Waals surface area contributed by atoms with Crippen molar-refractivity contribution < 1.29 is 13.9 Å². The summed E-state index contributed by atoms with van der Waals surface area (Å²) >= 11 is 1.04. The molecule has 0 saturated carbocycles. The number of methoxy groups -OCH3 is 1. The number of hydrogen-bond donors (Lipinski definition) is 2. The van der Waals surface area contributed by atoms with Crippen LogP contribution in [0.25, 0.3) is 0 Å². The van der Waals surface area contributed by atoms with Crippen LogP contribution in [0.1, 0.15) is 20.8 Å². The van der Waals surface area contributed by atoms with E-state index in [0.717, 1.165) is 11.3 Å². The molecule has 0 aliphatic heterocycles. The fourth-order valence-electron chi connectivity index (χ4n) is 1.75. The average Bonchev–Trinajstić information content (AvgIpc) is 2.80. The van der Waals surface area contributed by atoms with Crippen LogP contribution in [-0.2, 0) is 11.3 Å². The predicted molar refractivity (Wildman–Crippen MR) is 78.5 cm³/mol. The number of anilines is 2. The van der Waals surface area contributed by atoms with Gasteiger partial charge in [-0.3, -0.25) is 0 Å². The summed E-state index contributed by atoms with van der Waals surface area (Å²) in [6.45, 7) is 0.313. The highest BCUT2D eigenvalue weighted by atomic mass is 32.1. The molecule has 0 fully saturated rings. The number of carbonyl (C=O) groups excluding carboxylic acids is 1. The molecular formula is C14H12FN3O2S. The first-order valence-corrected chi connectivity index (χ1v) is 6.77. The van der Waals surface area contributed by atoms with Gasteiger partial charge in [0.25, 0.3) is 0 Å². The Morgan fingerprint density at radius 2 is 2.33 bits per heavy atom. The van der Waals surface area contributed by atoms with Crippen LogP contribution in [0.2, 0.25) is 0 Å². The van der Waals surface area contributed by atoms with Gasteiger partial charge in [0.05, 0.1) is 12.8 Å². The number of esters is 1. The van der Waals surface area contributed by atoms with Gasteiger partial charge in [0.1, 0.15) is 27.3 Å². The summed E-state index contributed by atoms with van der Waals surface area (Å²) < 4.78 is 17.7. The number of nitrogens with two attached hydrogens (primary N) is 1. The van der Waals surface area contributed by atoms with Gasteiger partial charge in [-0.2, -0.15) is 5.26 Å². The van der Waals surface area contributed by atoms with Crippen molar-refractivity contribution in [2.75, 3.05) is 18.2 Å². The van der Waals surface area contributed by atoms with Crippen LogP contribution in [0.4, 0.5) is 15.1 Å². The number of nitrogens with one attached hydrogen (secondary N) is 1. The van der Waals surface area contributed by atoms with Gasteiger partial charge in [-0.25, -0.2) is 9.18 Å². The highest BCUT2D eigenvalue weighted by Gasteiger charge is 2.21. The Bertz CT molecular complexity index is 721. The van der Waals surface area contributed by atoms with E-state index < -0.39 is 5.97 Å². The molecular weight excluding hydrogens is 293 g/mol. The first-order valence-electron chi connectivity index (χ1n) is 5.95. The summed E-state index contributed by atoms with van der Waals surface area (Å²) in [5.41, 5.74) is 6.77. The molecule has 0 atom stereocenters. The van der Waals surface area contributed by atoms with E-state index in [1.807, 2.05) is 6.07 Å². The third-order valence-corrected chi connectivity index (χ3v) is 3.91. The Hall–Kier alpha value is -2.59. The largest absolute Gasteiger partial charge is 0.465 e. The van der Waals surface area contributed by atoms with Crippen molar-refractivity contribution >= 4 is 28.0 Å². The topological polar surface area (TPSA) is 88.1 Å². The number of benzene rings is 1. The van der Waals surface area contributed by atoms with Gasteiger partial charge in [0.15, 0.2) is 0 Å². The molecule has 3 N–H and O–H groups in total. The molecule has 108 valence electrons. The minimum absolute atomic E-state index is 0.0936. The molecule has 0 spiro atoms. The second-order valence-electron chi connectivity index (χ2n) is 4.14. The Morgan fingerprint density at radius 3 is 2.95 bits per heavy atom. The van der Waals surface area contributed by atoms with Crippen LogP contribution in [0.5, 0.6) is 0 Å². The minimum atomic E-state index is -0.590. The third-order valence-electron chi connectivity index (χ3n) is 2.77. The number of carbonyl (C=O) groups is 1. The van der Waals surface area contributed by atoms with Crippen molar-refractivity contribution in [3.8, 4) is 6.07 Å². The minimum Gasteiger partial charge on any atom is -0.465 e. The molecule has 1 aromatic heterocycles. The smallest absolute Gasteiger partial charge is 0.350 e. The zero-order valence-electron chi connectivity index (χ0n) is 11.1. The first-order chi connectivity index (χ1) is 10.1. The molecule has 2 rings (SSSR count). The van der Waals surface area contributed by atoms with Gasteiger partial charge in [0, 0.05) is 6.54 Å². The van der Waals surface area contributed by atoms with E-state index in [1.54, 1.807) is 12.1 Å². The lowest BCUT2D eigenvalue weighted by Gasteiger charge is -2.04. The fourth-order valence-corrected chi connectivity index (χ4v) is 2.74. The highest BCUT2D eigenvalue weighted by Crippen LogP contribution is 2.35. The van der Waals surface area contributed by atoms with E-state index in [4.69, 9.17) is 11.0 Å². The van der Waals surface area contributed by atoms with Gasteiger partial charge in [-0.1, -0.05) is 12.1 Å². The molecule has 2 aromatic rings. The summed E-state index contributed by atoms with van der Waals surface area (Å²) in [4.78, 5) is 11.7. The van der Waals surface area contributed by atoms with E-state index in [0.29, 0.717) is 17.1 Å². The lowest BCUT2D eigenvalue weighted by Crippen LogP contribution is -2.02. The molecule has 21 heavy (non-hydrogen) atoms. The lowest BCUT2D eigenvalue weighted by molar-refractivity contribution is 0.0607. The van der Waals surface area contributed by atoms with Crippen molar-refractivity contribution in [2.45, 2.75) is 6.54 Å². The number of ether oxygens (including phenoxy) is 1. The second kappa shape index (κ2) is 6.24. The highest BCUT2D eigenvalue weighted by molar-refractivity contribution is 7.18. The maximum Gasteiger partial charge on any atom is 0.350 e. The number of nitriles is 1. The maximum absolute atomic E-state index is 13.1. The van der Waals surface area contributed by atoms with Crippen molar-refractivity contribution in [3.63, 3.8) is 0 Å². The van der Waals surface area contributed by atoms with Gasteiger partial charge in [0.2, 0.25) is 0 Å². The monoisotopic (exact) mass is 305 g/mol. The van der Waals surface area contributed by atoms with E-state index in [2.05, 4.69) is 10.1 Å². The molecule has 7 heteroatoms. The number of nitrogens with zero attached hydrogens (tertiary/aromatic N) is 1. The summed E-state index contributed by atoms with van der Waals surface area (Å²) in [6, 6.07) is 8.04. The zero-order chi connectivity index (χ0) is 15.4. The fraction of sp³-hybridized carbons (Fsp3) is 0.143. The van der Waals surface area contributed by atoms with E-state index in [-0.39, 0.29) is 21.9 Å². The van der Waals surface area contributed by atoms with Crippen LogP contribution >= 0.6 is 11.3 Å².